The number of para-hydroxylation sites is 1. The second kappa shape index (κ2) is 16.9. The van der Waals surface area contributed by atoms with E-state index in [0.29, 0.717) is 0 Å². The third-order valence-corrected chi connectivity index (χ3v) is 9.26. The molecule has 236 valence electrons. The van der Waals surface area contributed by atoms with E-state index in [-0.39, 0.29) is 24.0 Å². The maximum absolute atomic E-state index is 14.1. The number of methoxy groups -OCH3 is 1. The molecule has 4 N–H and O–H groups in total. The molecule has 0 saturated carbocycles. The van der Waals surface area contributed by atoms with Crippen LogP contribution in [0.1, 0.15) is 29.0 Å². The van der Waals surface area contributed by atoms with Gasteiger partial charge < -0.3 is 25.2 Å². The number of carbonyl (C=O) groups excluding carboxylic acids is 1. The Kier molecular flexibility index (Phi) is 12.5. The number of aliphatic hydroxyl groups is 1. The molecular formula is C36H40ClN3O4S. The molecule has 0 aromatic heterocycles. The van der Waals surface area contributed by atoms with E-state index in [1.807, 2.05) is 109 Å². The van der Waals surface area contributed by atoms with Gasteiger partial charge in [0.2, 0.25) is 12.3 Å². The van der Waals surface area contributed by atoms with E-state index in [9.17, 15) is 9.90 Å². The fraction of sp³-hybridized carbons (Fsp3) is 0.306. The molecule has 1 heterocycles. The van der Waals surface area contributed by atoms with Gasteiger partial charge in [0.05, 0.1) is 12.2 Å². The first kappa shape index (κ1) is 33.2. The molecule has 0 bridgehead atoms. The monoisotopic (exact) mass is 645 g/mol. The molecule has 1 saturated heterocycles. The number of nitrogens with one attached hydrogen (secondary N) is 3. The van der Waals surface area contributed by atoms with Crippen molar-refractivity contribution in [1.29, 1.82) is 0 Å². The lowest BCUT2D eigenvalue weighted by Gasteiger charge is -2.31. The Morgan fingerprint density at radius 2 is 1.56 bits per heavy atom. The number of aliphatic hydroxyl groups excluding tert-OH is 1. The maximum atomic E-state index is 14.1. The van der Waals surface area contributed by atoms with E-state index in [1.54, 1.807) is 11.8 Å². The highest BCUT2D eigenvalue weighted by molar-refractivity contribution is 7.99. The van der Waals surface area contributed by atoms with Gasteiger partial charge in [-0.05, 0) is 59.9 Å². The lowest BCUT2D eigenvalue weighted by Crippen LogP contribution is -2.50. The highest BCUT2D eigenvalue weighted by atomic mass is 35.5. The zero-order chi connectivity index (χ0) is 31.4. The van der Waals surface area contributed by atoms with Crippen LogP contribution in [-0.4, -0.2) is 61.6 Å². The zero-order valence-corrected chi connectivity index (χ0v) is 26.8. The van der Waals surface area contributed by atoms with Gasteiger partial charge in [-0.1, -0.05) is 90.5 Å². The minimum Gasteiger partial charge on any atom is -0.371 e. The highest BCUT2D eigenvalue weighted by Crippen LogP contribution is 2.30. The third-order valence-electron chi connectivity index (χ3n) is 7.87. The van der Waals surface area contributed by atoms with Crippen LogP contribution in [0.2, 0.25) is 5.02 Å². The first-order chi connectivity index (χ1) is 22.0. The van der Waals surface area contributed by atoms with E-state index in [2.05, 4.69) is 16.0 Å². The molecule has 9 heteroatoms. The van der Waals surface area contributed by atoms with Crippen molar-refractivity contribution in [1.82, 2.24) is 10.6 Å². The number of thioether (sulfide) groups is 1. The molecule has 0 aliphatic carbocycles. The molecule has 7 nitrogen and oxygen atoms in total. The van der Waals surface area contributed by atoms with Gasteiger partial charge in [-0.3, -0.25) is 10.1 Å². The average molecular weight is 646 g/mol. The normalized spacial score (nSPS) is 18.0. The van der Waals surface area contributed by atoms with Crippen molar-refractivity contribution in [2.45, 2.75) is 48.3 Å². The average Bonchev–Trinajstić information content (AvgIpc) is 3.08. The number of rotatable bonds is 14. The summed E-state index contributed by atoms with van der Waals surface area (Å²) in [5, 5.41) is 20.9. The molecule has 1 unspecified atom stereocenters. The Morgan fingerprint density at radius 1 is 0.933 bits per heavy atom. The number of hydrogen-bond acceptors (Lipinski definition) is 7. The summed E-state index contributed by atoms with van der Waals surface area (Å²) in [7, 11) is 1.39. The molecule has 0 spiro atoms. The molecule has 1 amide bonds. The molecular weight excluding hydrogens is 606 g/mol. The summed E-state index contributed by atoms with van der Waals surface area (Å²) in [5.41, 5.74) is 3.64. The molecule has 1 aliphatic rings. The predicted octanol–water partition coefficient (Wildman–Crippen LogP) is 6.07. The van der Waals surface area contributed by atoms with Crippen LogP contribution >= 0.6 is 23.4 Å². The van der Waals surface area contributed by atoms with Crippen molar-refractivity contribution < 1.29 is 19.4 Å². The molecule has 45 heavy (non-hydrogen) atoms. The van der Waals surface area contributed by atoms with Crippen molar-refractivity contribution in [2.75, 3.05) is 31.3 Å². The minimum atomic E-state index is -1.33. The van der Waals surface area contributed by atoms with Crippen molar-refractivity contribution in [3.05, 3.63) is 131 Å². The van der Waals surface area contributed by atoms with Crippen LogP contribution in [0.4, 0.5) is 5.69 Å². The molecule has 4 aromatic carbocycles. The first-order valence-electron chi connectivity index (χ1n) is 15.2. The Balaban J connectivity index is 1.27. The van der Waals surface area contributed by atoms with E-state index in [1.165, 1.54) is 12.0 Å². The third kappa shape index (κ3) is 9.64. The van der Waals surface area contributed by atoms with Crippen LogP contribution in [-0.2, 0) is 20.7 Å². The Morgan fingerprint density at radius 3 is 2.22 bits per heavy atom. The van der Waals surface area contributed by atoms with Gasteiger partial charge in [0.15, 0.2) is 0 Å². The molecule has 0 radical (unpaired) electrons. The largest absolute Gasteiger partial charge is 0.371 e. The van der Waals surface area contributed by atoms with Gasteiger partial charge in [0.25, 0.3) is 0 Å². The van der Waals surface area contributed by atoms with Crippen molar-refractivity contribution >= 4 is 35.0 Å². The number of carbonyl (C=O) groups is 1. The van der Waals surface area contributed by atoms with E-state index in [0.717, 1.165) is 59.1 Å². The van der Waals surface area contributed by atoms with Gasteiger partial charge >= 0.3 is 0 Å². The second-order valence-corrected chi connectivity index (χ2v) is 12.5. The van der Waals surface area contributed by atoms with Crippen LogP contribution in [0.5, 0.6) is 0 Å². The summed E-state index contributed by atoms with van der Waals surface area (Å²) < 4.78 is 11.6. The van der Waals surface area contributed by atoms with Crippen LogP contribution < -0.4 is 16.0 Å². The molecule has 1 fully saturated rings. The summed E-state index contributed by atoms with van der Waals surface area (Å²) >= 11 is 7.79. The number of benzene rings is 4. The Bertz CT molecular complexity index is 1440. The fourth-order valence-electron chi connectivity index (χ4n) is 5.59. The maximum Gasteiger partial charge on any atom is 0.242 e. The van der Waals surface area contributed by atoms with Crippen molar-refractivity contribution in [3.8, 4) is 0 Å². The van der Waals surface area contributed by atoms with Gasteiger partial charge in [0, 0.05) is 47.5 Å². The van der Waals surface area contributed by atoms with Gasteiger partial charge in [-0.2, -0.15) is 0 Å². The number of ether oxygens (including phenoxy) is 2. The standard InChI is InChI=1S/C36H40ClN3O4S/c1-43-36(42)40-34(33(26-11-4-2-5-12-26)27-13-6-3-7-14-27)35(41)39-32-15-9-8-10-25(32)16-19-29-22-38-23-30(44-29)24-45-31-20-17-28(37)18-21-31/h2-15,17-18,20-21,29-30,33-34,36,38,40,42H,16,19,22-24H2,1H3,(H,39,41)/t29-,30+,34+,36?/m1/s1. The summed E-state index contributed by atoms with van der Waals surface area (Å²) in [4.78, 5) is 15.2. The van der Waals surface area contributed by atoms with E-state index in [4.69, 9.17) is 21.1 Å². The predicted molar refractivity (Wildman–Crippen MR) is 182 cm³/mol. The number of morpholine rings is 1. The highest BCUT2D eigenvalue weighted by Gasteiger charge is 2.33. The number of halogens is 1. The summed E-state index contributed by atoms with van der Waals surface area (Å²) in [5.74, 6) is 0.198. The smallest absolute Gasteiger partial charge is 0.242 e. The van der Waals surface area contributed by atoms with Gasteiger partial charge in [0.1, 0.15) is 6.04 Å². The summed E-state index contributed by atoms with van der Waals surface area (Å²) in [6.45, 7) is 1.60. The van der Waals surface area contributed by atoms with Crippen LogP contribution in [0.25, 0.3) is 0 Å². The zero-order valence-electron chi connectivity index (χ0n) is 25.3. The van der Waals surface area contributed by atoms with Crippen LogP contribution in [0, 0.1) is 0 Å². The minimum absolute atomic E-state index is 0.0603. The lowest BCUT2D eigenvalue weighted by atomic mass is 9.84. The molecule has 5 rings (SSSR count). The molecule has 4 atom stereocenters. The summed E-state index contributed by atoms with van der Waals surface area (Å²) in [6.07, 6.45) is 0.381. The van der Waals surface area contributed by atoms with Gasteiger partial charge in [-0.25, -0.2) is 0 Å². The molecule has 4 aromatic rings. The molecule has 1 aliphatic heterocycles. The number of anilines is 1. The lowest BCUT2D eigenvalue weighted by molar-refractivity contribution is -0.129. The first-order valence-corrected chi connectivity index (χ1v) is 16.6. The van der Waals surface area contributed by atoms with Crippen LogP contribution in [0.15, 0.2) is 114 Å². The summed E-state index contributed by atoms with van der Waals surface area (Å²) in [6, 6.07) is 34.6. The topological polar surface area (TPSA) is 91.9 Å². The second-order valence-electron chi connectivity index (χ2n) is 11.0. The quantitative estimate of drug-likeness (QED) is 0.0977. The Labute approximate surface area is 274 Å². The fourth-order valence-corrected chi connectivity index (χ4v) is 6.62. The number of amides is 1. The van der Waals surface area contributed by atoms with Crippen molar-refractivity contribution in [2.24, 2.45) is 0 Å². The van der Waals surface area contributed by atoms with E-state index < -0.39 is 12.5 Å². The van der Waals surface area contributed by atoms with E-state index >= 15 is 0 Å². The Hall–Kier alpha value is -3.21. The number of aryl methyl sites for hydroxylation is 1. The van der Waals surface area contributed by atoms with Crippen molar-refractivity contribution in [3.63, 3.8) is 0 Å². The SMILES string of the molecule is COC(O)N[C@H](C(=O)Nc1ccccc1CC[C@@H]1CNC[C@@H](CSc2ccc(Cl)cc2)O1)C(c1ccccc1)c1ccccc1. The van der Waals surface area contributed by atoms with Crippen LogP contribution in [0.3, 0.4) is 0 Å². The van der Waals surface area contributed by atoms with Gasteiger partial charge in [-0.15, -0.1) is 11.8 Å². The number of hydrogen-bond donors (Lipinski definition) is 4.